The fourth-order valence-corrected chi connectivity index (χ4v) is 4.71. The van der Waals surface area contributed by atoms with Gasteiger partial charge in [0.2, 0.25) is 5.91 Å². The first kappa shape index (κ1) is 23.1. The molecule has 0 spiro atoms. The molecule has 0 N–H and O–H groups in total. The normalized spacial score (nSPS) is 15.7. The zero-order valence-corrected chi connectivity index (χ0v) is 19.6. The molecular weight excluding hydrogens is 442 g/mol. The zero-order valence-electron chi connectivity index (χ0n) is 19.6. The topological polar surface area (TPSA) is 65.1 Å². The van der Waals surface area contributed by atoms with Crippen molar-refractivity contribution in [1.29, 1.82) is 0 Å². The van der Waals surface area contributed by atoms with Gasteiger partial charge in [-0.15, -0.1) is 0 Å². The van der Waals surface area contributed by atoms with Crippen LogP contribution in [0.4, 0.5) is 0 Å². The van der Waals surface area contributed by atoms with Crippen LogP contribution in [0, 0.1) is 5.92 Å². The van der Waals surface area contributed by atoms with Crippen LogP contribution in [0.1, 0.15) is 40.4 Å². The predicted octanol–water partition coefficient (Wildman–Crippen LogP) is 4.69. The number of rotatable bonds is 7. The Labute approximate surface area is 205 Å². The predicted molar refractivity (Wildman–Crippen MR) is 132 cm³/mol. The van der Waals surface area contributed by atoms with Gasteiger partial charge in [0.1, 0.15) is 25.9 Å². The maximum absolute atomic E-state index is 13.1. The fourth-order valence-electron chi connectivity index (χ4n) is 4.71. The van der Waals surface area contributed by atoms with Gasteiger partial charge in [-0.2, -0.15) is 0 Å². The van der Waals surface area contributed by atoms with Crippen LogP contribution >= 0.6 is 0 Å². The quantitative estimate of drug-likeness (QED) is 0.468. The van der Waals surface area contributed by atoms with Crippen LogP contribution < -0.4 is 9.47 Å². The molecule has 3 aromatic rings. The number of nitrogens with zero attached hydrogens (tertiary/aromatic N) is 1. The summed E-state index contributed by atoms with van der Waals surface area (Å²) in [6, 6.07) is 25.2. The molecule has 1 amide bonds. The van der Waals surface area contributed by atoms with E-state index >= 15 is 0 Å². The van der Waals surface area contributed by atoms with E-state index in [9.17, 15) is 9.59 Å². The largest absolute Gasteiger partial charge is 0.486 e. The van der Waals surface area contributed by atoms with Gasteiger partial charge in [-0.25, -0.2) is 0 Å². The summed E-state index contributed by atoms with van der Waals surface area (Å²) < 4.78 is 17.3. The van der Waals surface area contributed by atoms with Crippen molar-refractivity contribution >= 4 is 11.7 Å². The lowest BCUT2D eigenvalue weighted by molar-refractivity contribution is -0.138. The standard InChI is InChI=1S/C29H29NO5/c31-27(20-35-29(22-7-3-1-4-8-22)23-9-5-2-6-10-23)30-15-13-21(14-16-30)28(32)24-11-12-25-26(19-24)34-18-17-33-25/h1-12,19,21,29H,13-18,20H2. The van der Waals surface area contributed by atoms with Gasteiger partial charge in [0.25, 0.3) is 0 Å². The molecule has 0 saturated carbocycles. The maximum atomic E-state index is 13.1. The number of carbonyl (C=O) groups excluding carboxylic acids is 2. The average molecular weight is 472 g/mol. The summed E-state index contributed by atoms with van der Waals surface area (Å²) >= 11 is 0. The van der Waals surface area contributed by atoms with Crippen molar-refractivity contribution in [2.24, 2.45) is 5.92 Å². The van der Waals surface area contributed by atoms with Crippen LogP contribution in [0.5, 0.6) is 11.5 Å². The summed E-state index contributed by atoms with van der Waals surface area (Å²) in [5.41, 5.74) is 2.65. The van der Waals surface area contributed by atoms with Crippen LogP contribution in [0.15, 0.2) is 78.9 Å². The Balaban J connectivity index is 1.17. The summed E-state index contributed by atoms with van der Waals surface area (Å²) in [6.07, 6.45) is 0.968. The molecule has 6 nitrogen and oxygen atoms in total. The second-order valence-corrected chi connectivity index (χ2v) is 8.89. The third-order valence-corrected chi connectivity index (χ3v) is 6.62. The van der Waals surface area contributed by atoms with Gasteiger partial charge in [0.15, 0.2) is 17.3 Å². The van der Waals surface area contributed by atoms with E-state index in [1.165, 1.54) is 0 Å². The Hall–Kier alpha value is -3.64. The monoisotopic (exact) mass is 471 g/mol. The number of Topliss-reactive ketones (excluding diaryl/α,β-unsaturated/α-hetero) is 1. The van der Waals surface area contributed by atoms with Gasteiger partial charge in [-0.1, -0.05) is 60.7 Å². The molecule has 0 unspecified atom stereocenters. The second-order valence-electron chi connectivity index (χ2n) is 8.89. The van der Waals surface area contributed by atoms with Crippen molar-refractivity contribution in [1.82, 2.24) is 4.90 Å². The first-order valence-corrected chi connectivity index (χ1v) is 12.1. The van der Waals surface area contributed by atoms with Gasteiger partial charge in [-0.05, 0) is 42.2 Å². The minimum absolute atomic E-state index is 0.00473. The Morgan fingerprint density at radius 1 is 0.829 bits per heavy atom. The van der Waals surface area contributed by atoms with E-state index in [4.69, 9.17) is 14.2 Å². The van der Waals surface area contributed by atoms with Gasteiger partial charge in [0.05, 0.1) is 0 Å². The molecule has 0 aliphatic carbocycles. The Bertz CT molecular complexity index is 1120. The lowest BCUT2D eigenvalue weighted by atomic mass is 9.88. The number of carbonyl (C=O) groups is 2. The number of fused-ring (bicyclic) bond motifs is 1. The number of piperidine rings is 1. The number of benzene rings is 3. The minimum Gasteiger partial charge on any atom is -0.486 e. The maximum Gasteiger partial charge on any atom is 0.248 e. The molecule has 180 valence electrons. The van der Waals surface area contributed by atoms with Crippen molar-refractivity contribution < 1.29 is 23.8 Å². The zero-order chi connectivity index (χ0) is 24.0. The van der Waals surface area contributed by atoms with Crippen molar-refractivity contribution in [2.45, 2.75) is 18.9 Å². The lowest BCUT2D eigenvalue weighted by Crippen LogP contribution is -2.42. The van der Waals surface area contributed by atoms with E-state index in [0.717, 1.165) is 11.1 Å². The fraction of sp³-hybridized carbons (Fsp3) is 0.310. The van der Waals surface area contributed by atoms with Crippen LogP contribution in [-0.4, -0.2) is 49.5 Å². The number of ether oxygens (including phenoxy) is 3. The van der Waals surface area contributed by atoms with Gasteiger partial charge in [0, 0.05) is 24.6 Å². The molecule has 6 heteroatoms. The number of ketones is 1. The minimum atomic E-state index is -0.310. The average Bonchev–Trinajstić information content (AvgIpc) is 2.93. The molecule has 2 aliphatic rings. The molecule has 2 aliphatic heterocycles. The van der Waals surface area contributed by atoms with E-state index in [0.29, 0.717) is 56.2 Å². The number of amides is 1. The van der Waals surface area contributed by atoms with Crippen LogP contribution in [-0.2, 0) is 9.53 Å². The molecule has 2 heterocycles. The molecule has 3 aromatic carbocycles. The van der Waals surface area contributed by atoms with Gasteiger partial charge >= 0.3 is 0 Å². The van der Waals surface area contributed by atoms with E-state index in [1.54, 1.807) is 23.1 Å². The van der Waals surface area contributed by atoms with Crippen LogP contribution in [0.25, 0.3) is 0 Å². The van der Waals surface area contributed by atoms with Crippen molar-refractivity contribution in [3.63, 3.8) is 0 Å². The van der Waals surface area contributed by atoms with E-state index in [2.05, 4.69) is 0 Å². The summed E-state index contributed by atoms with van der Waals surface area (Å²) in [5, 5.41) is 0. The first-order valence-electron chi connectivity index (χ1n) is 12.1. The summed E-state index contributed by atoms with van der Waals surface area (Å²) in [4.78, 5) is 27.8. The number of hydrogen-bond donors (Lipinski definition) is 0. The lowest BCUT2D eigenvalue weighted by Gasteiger charge is -2.32. The molecule has 35 heavy (non-hydrogen) atoms. The third kappa shape index (κ3) is 5.38. The number of hydrogen-bond acceptors (Lipinski definition) is 5. The third-order valence-electron chi connectivity index (χ3n) is 6.62. The summed E-state index contributed by atoms with van der Waals surface area (Å²) in [7, 11) is 0. The SMILES string of the molecule is O=C(c1ccc2c(c1)OCCO2)C1CCN(C(=O)COC(c2ccccc2)c2ccccc2)CC1. The molecule has 1 fully saturated rings. The molecular formula is C29H29NO5. The first-order chi connectivity index (χ1) is 17.2. The van der Waals surface area contributed by atoms with Gasteiger partial charge < -0.3 is 19.1 Å². The highest BCUT2D eigenvalue weighted by atomic mass is 16.6. The Morgan fingerprint density at radius 3 is 2.06 bits per heavy atom. The number of likely N-dealkylation sites (tertiary alicyclic amines) is 1. The smallest absolute Gasteiger partial charge is 0.248 e. The van der Waals surface area contributed by atoms with E-state index in [1.807, 2.05) is 60.7 Å². The Kier molecular flexibility index (Phi) is 7.09. The summed E-state index contributed by atoms with van der Waals surface area (Å²) in [5.74, 6) is 1.24. The van der Waals surface area contributed by atoms with Crippen molar-refractivity contribution in [2.75, 3.05) is 32.9 Å². The summed E-state index contributed by atoms with van der Waals surface area (Å²) in [6.45, 7) is 2.10. The molecule has 0 aromatic heterocycles. The van der Waals surface area contributed by atoms with Crippen molar-refractivity contribution in [3.05, 3.63) is 95.6 Å². The molecule has 5 rings (SSSR count). The highest BCUT2D eigenvalue weighted by Gasteiger charge is 2.29. The highest BCUT2D eigenvalue weighted by molar-refractivity contribution is 5.98. The molecule has 1 saturated heterocycles. The molecule has 0 bridgehead atoms. The van der Waals surface area contributed by atoms with Gasteiger partial charge in [-0.3, -0.25) is 9.59 Å². The van der Waals surface area contributed by atoms with Crippen LogP contribution in [0.2, 0.25) is 0 Å². The molecule has 0 radical (unpaired) electrons. The van der Waals surface area contributed by atoms with E-state index in [-0.39, 0.29) is 30.3 Å². The second kappa shape index (κ2) is 10.7. The van der Waals surface area contributed by atoms with Crippen molar-refractivity contribution in [3.8, 4) is 11.5 Å². The highest BCUT2D eigenvalue weighted by Crippen LogP contribution is 2.33. The Morgan fingerprint density at radius 2 is 1.43 bits per heavy atom. The van der Waals surface area contributed by atoms with E-state index < -0.39 is 0 Å². The van der Waals surface area contributed by atoms with Crippen LogP contribution in [0.3, 0.4) is 0 Å². The molecule has 0 atom stereocenters.